The van der Waals surface area contributed by atoms with Crippen molar-refractivity contribution >= 4 is 0 Å². The van der Waals surface area contributed by atoms with Crippen molar-refractivity contribution in [3.8, 4) is 0 Å². The molecule has 1 saturated carbocycles. The predicted octanol–water partition coefficient (Wildman–Crippen LogP) is 3.39. The first-order valence-electron chi connectivity index (χ1n) is 7.03. The summed E-state index contributed by atoms with van der Waals surface area (Å²) in [6, 6.07) is 0. The lowest BCUT2D eigenvalue weighted by Gasteiger charge is -2.32. The number of rotatable bonds is 8. The molecule has 0 aromatic carbocycles. The van der Waals surface area contributed by atoms with Gasteiger partial charge in [0.25, 0.3) is 0 Å². The average Bonchev–Trinajstić information content (AvgIpc) is 2.36. The molecule has 0 spiro atoms. The van der Waals surface area contributed by atoms with E-state index >= 15 is 0 Å². The first-order valence-corrected chi connectivity index (χ1v) is 7.03. The van der Waals surface area contributed by atoms with Crippen LogP contribution in [0.4, 0.5) is 0 Å². The van der Waals surface area contributed by atoms with Gasteiger partial charge < -0.3 is 10.1 Å². The molecule has 2 heteroatoms. The molecule has 2 nitrogen and oxygen atoms in total. The number of hydrogen-bond acceptors (Lipinski definition) is 2. The Balaban J connectivity index is 2.30. The highest BCUT2D eigenvalue weighted by atomic mass is 16.5. The molecule has 1 aliphatic rings. The van der Waals surface area contributed by atoms with Crippen LogP contribution in [0, 0.1) is 11.3 Å². The highest BCUT2D eigenvalue weighted by molar-refractivity contribution is 4.94. The number of nitrogens with one attached hydrogen (secondary N) is 1. The quantitative estimate of drug-likeness (QED) is 0.518. The topological polar surface area (TPSA) is 21.3 Å². The summed E-state index contributed by atoms with van der Waals surface area (Å²) in [6.45, 7) is 9.10. The summed E-state index contributed by atoms with van der Waals surface area (Å²) < 4.78 is 5.05. The minimum Gasteiger partial charge on any atom is -0.383 e. The second-order valence-corrected chi connectivity index (χ2v) is 5.74. The van der Waals surface area contributed by atoms with Gasteiger partial charge in [-0.2, -0.15) is 0 Å². The minimum absolute atomic E-state index is 0.246. The Morgan fingerprint density at radius 1 is 1.35 bits per heavy atom. The molecule has 1 fully saturated rings. The van der Waals surface area contributed by atoms with Crippen LogP contribution in [0.2, 0.25) is 0 Å². The van der Waals surface area contributed by atoms with Gasteiger partial charge in [-0.15, -0.1) is 6.58 Å². The van der Waals surface area contributed by atoms with E-state index in [0.29, 0.717) is 0 Å². The molecule has 0 heterocycles. The summed E-state index contributed by atoms with van der Waals surface area (Å²) >= 11 is 0. The zero-order valence-electron chi connectivity index (χ0n) is 11.6. The Bertz CT molecular complexity index is 211. The van der Waals surface area contributed by atoms with Gasteiger partial charge in [-0.05, 0) is 17.8 Å². The van der Waals surface area contributed by atoms with E-state index in [2.05, 4.69) is 24.9 Å². The first kappa shape index (κ1) is 14.7. The van der Waals surface area contributed by atoms with Crippen molar-refractivity contribution in [1.82, 2.24) is 5.32 Å². The molecule has 17 heavy (non-hydrogen) atoms. The summed E-state index contributed by atoms with van der Waals surface area (Å²) in [5.41, 5.74) is 0.246. The highest BCUT2D eigenvalue weighted by Crippen LogP contribution is 2.35. The summed E-state index contributed by atoms with van der Waals surface area (Å²) in [5, 5.41) is 3.47. The van der Waals surface area contributed by atoms with Crippen molar-refractivity contribution in [3.63, 3.8) is 0 Å². The van der Waals surface area contributed by atoms with Crippen LogP contribution < -0.4 is 5.32 Å². The summed E-state index contributed by atoms with van der Waals surface area (Å²) in [6.07, 6.45) is 10.6. The van der Waals surface area contributed by atoms with Crippen LogP contribution in [0.5, 0.6) is 0 Å². The van der Waals surface area contributed by atoms with E-state index in [4.69, 9.17) is 4.74 Å². The van der Waals surface area contributed by atoms with Crippen molar-refractivity contribution in [2.75, 3.05) is 26.8 Å². The van der Waals surface area contributed by atoms with Crippen LogP contribution in [-0.2, 0) is 4.74 Å². The fourth-order valence-corrected chi connectivity index (χ4v) is 2.83. The maximum absolute atomic E-state index is 5.05. The molecule has 0 aliphatic heterocycles. The van der Waals surface area contributed by atoms with Gasteiger partial charge in [0.15, 0.2) is 0 Å². The minimum atomic E-state index is 0.246. The Kier molecular flexibility index (Phi) is 6.83. The van der Waals surface area contributed by atoms with Crippen molar-refractivity contribution in [1.29, 1.82) is 0 Å². The van der Waals surface area contributed by atoms with Crippen molar-refractivity contribution < 1.29 is 4.74 Å². The lowest BCUT2D eigenvalue weighted by atomic mass is 9.75. The van der Waals surface area contributed by atoms with Crippen LogP contribution in [0.3, 0.4) is 0 Å². The van der Waals surface area contributed by atoms with Gasteiger partial charge in [-0.3, -0.25) is 0 Å². The molecule has 1 rings (SSSR count). The molecule has 0 saturated heterocycles. The zero-order valence-corrected chi connectivity index (χ0v) is 11.6. The Morgan fingerprint density at radius 3 is 2.65 bits per heavy atom. The average molecular weight is 239 g/mol. The van der Waals surface area contributed by atoms with Gasteiger partial charge in [-0.1, -0.05) is 45.1 Å². The Morgan fingerprint density at radius 2 is 2.06 bits per heavy atom. The Hall–Kier alpha value is -0.340. The predicted molar refractivity (Wildman–Crippen MR) is 74.2 cm³/mol. The Labute approximate surface area is 107 Å². The van der Waals surface area contributed by atoms with Gasteiger partial charge in [0.2, 0.25) is 0 Å². The molecule has 0 amide bonds. The van der Waals surface area contributed by atoms with Crippen molar-refractivity contribution in [3.05, 3.63) is 12.7 Å². The zero-order chi connectivity index (χ0) is 12.6. The van der Waals surface area contributed by atoms with Gasteiger partial charge >= 0.3 is 0 Å². The first-order chi connectivity index (χ1) is 8.20. The largest absolute Gasteiger partial charge is 0.383 e. The summed E-state index contributed by atoms with van der Waals surface area (Å²) in [4.78, 5) is 0. The van der Waals surface area contributed by atoms with E-state index in [-0.39, 0.29) is 5.41 Å². The van der Waals surface area contributed by atoms with Gasteiger partial charge in [0.05, 0.1) is 6.61 Å². The van der Waals surface area contributed by atoms with Gasteiger partial charge in [0, 0.05) is 20.2 Å². The van der Waals surface area contributed by atoms with Crippen LogP contribution in [-0.4, -0.2) is 26.8 Å². The van der Waals surface area contributed by atoms with Gasteiger partial charge in [0.1, 0.15) is 0 Å². The van der Waals surface area contributed by atoms with Crippen LogP contribution >= 0.6 is 0 Å². The van der Waals surface area contributed by atoms with E-state index in [0.717, 1.165) is 25.6 Å². The molecule has 1 N–H and O–H groups in total. The fraction of sp³-hybridized carbons (Fsp3) is 0.867. The third-order valence-corrected chi connectivity index (χ3v) is 3.98. The van der Waals surface area contributed by atoms with E-state index < -0.39 is 0 Å². The molecule has 0 aromatic heterocycles. The molecule has 0 radical (unpaired) electrons. The van der Waals surface area contributed by atoms with E-state index in [9.17, 15) is 0 Å². The standard InChI is InChI=1S/C15H29NO/c1-4-15(2,13-16-10-11-17-3)12-14-8-6-5-7-9-14/h4,14,16H,1,5-13H2,2-3H3. The monoisotopic (exact) mass is 239 g/mol. The lowest BCUT2D eigenvalue weighted by molar-refractivity contribution is 0.190. The second kappa shape index (κ2) is 7.88. The van der Waals surface area contributed by atoms with Gasteiger partial charge in [-0.25, -0.2) is 0 Å². The number of hydrogen-bond donors (Lipinski definition) is 1. The maximum Gasteiger partial charge on any atom is 0.0587 e. The van der Waals surface area contributed by atoms with E-state index in [1.54, 1.807) is 7.11 Å². The third-order valence-electron chi connectivity index (χ3n) is 3.98. The molecule has 1 unspecified atom stereocenters. The lowest BCUT2D eigenvalue weighted by Crippen LogP contribution is -2.34. The number of methoxy groups -OCH3 is 1. The SMILES string of the molecule is C=CC(C)(CNCCOC)CC1CCCCC1. The fourth-order valence-electron chi connectivity index (χ4n) is 2.83. The third kappa shape index (κ3) is 5.69. The second-order valence-electron chi connectivity index (χ2n) is 5.74. The van der Waals surface area contributed by atoms with Crippen LogP contribution in [0.25, 0.3) is 0 Å². The molecule has 0 aromatic rings. The molecular formula is C15H29NO. The maximum atomic E-state index is 5.05. The molecule has 1 atom stereocenters. The van der Waals surface area contributed by atoms with E-state index in [1.807, 2.05) is 0 Å². The number of ether oxygens (including phenoxy) is 1. The van der Waals surface area contributed by atoms with E-state index in [1.165, 1.54) is 38.5 Å². The normalized spacial score (nSPS) is 21.1. The molecular weight excluding hydrogens is 210 g/mol. The summed E-state index contributed by atoms with van der Waals surface area (Å²) in [5.74, 6) is 0.913. The van der Waals surface area contributed by atoms with Crippen LogP contribution in [0.1, 0.15) is 45.4 Å². The smallest absolute Gasteiger partial charge is 0.0587 e. The molecule has 100 valence electrons. The molecule has 0 bridgehead atoms. The summed E-state index contributed by atoms with van der Waals surface area (Å²) in [7, 11) is 1.75. The highest BCUT2D eigenvalue weighted by Gasteiger charge is 2.25. The van der Waals surface area contributed by atoms with Crippen molar-refractivity contribution in [2.24, 2.45) is 11.3 Å². The molecule has 1 aliphatic carbocycles. The van der Waals surface area contributed by atoms with Crippen LogP contribution in [0.15, 0.2) is 12.7 Å². The van der Waals surface area contributed by atoms with Crippen molar-refractivity contribution in [2.45, 2.75) is 45.4 Å².